The number of ether oxygens (including phenoxy) is 1. The maximum atomic E-state index is 12.5. The Balaban J connectivity index is 0.00000312. The third-order valence-corrected chi connectivity index (χ3v) is 4.49. The molecule has 142 valence electrons. The first kappa shape index (κ1) is 21.6. The second-order valence-electron chi connectivity index (χ2n) is 6.18. The van der Waals surface area contributed by atoms with Crippen LogP contribution in [0, 0.1) is 5.92 Å². The van der Waals surface area contributed by atoms with Gasteiger partial charge in [-0.15, -0.1) is 12.4 Å². The van der Waals surface area contributed by atoms with Crippen molar-refractivity contribution in [2.24, 2.45) is 5.92 Å². The first-order chi connectivity index (χ1) is 11.6. The van der Waals surface area contributed by atoms with Crippen molar-refractivity contribution in [3.8, 4) is 5.75 Å². The van der Waals surface area contributed by atoms with E-state index >= 15 is 0 Å². The summed E-state index contributed by atoms with van der Waals surface area (Å²) in [5, 5.41) is 6.27. The molecule has 1 aliphatic rings. The van der Waals surface area contributed by atoms with Gasteiger partial charge < -0.3 is 15.4 Å². The van der Waals surface area contributed by atoms with Crippen LogP contribution in [0.3, 0.4) is 0 Å². The zero-order valence-electron chi connectivity index (χ0n) is 14.5. The molecule has 0 aliphatic carbocycles. The largest absolute Gasteiger partial charge is 0.434 e. The SMILES string of the molecule is CCC(NC(=O)CCC1CCNCC1)c1ccccc1OC(F)F.Cl. The highest BCUT2D eigenvalue weighted by Gasteiger charge is 2.20. The van der Waals surface area contributed by atoms with E-state index in [1.807, 2.05) is 6.92 Å². The van der Waals surface area contributed by atoms with E-state index in [0.29, 0.717) is 24.3 Å². The maximum absolute atomic E-state index is 12.5. The Morgan fingerprint density at radius 2 is 2.00 bits per heavy atom. The zero-order valence-corrected chi connectivity index (χ0v) is 15.3. The number of hydrogen-bond acceptors (Lipinski definition) is 3. The molecule has 4 nitrogen and oxygen atoms in total. The molecule has 2 rings (SSSR count). The Bertz CT molecular complexity index is 526. The van der Waals surface area contributed by atoms with Gasteiger partial charge in [-0.3, -0.25) is 4.79 Å². The fourth-order valence-electron chi connectivity index (χ4n) is 3.14. The van der Waals surface area contributed by atoms with Crippen LogP contribution in [0.5, 0.6) is 5.75 Å². The number of carbonyl (C=O) groups is 1. The summed E-state index contributed by atoms with van der Waals surface area (Å²) < 4.78 is 29.7. The summed E-state index contributed by atoms with van der Waals surface area (Å²) in [6, 6.07) is 6.31. The fraction of sp³-hybridized carbons (Fsp3) is 0.611. The Hall–Kier alpha value is -1.40. The van der Waals surface area contributed by atoms with Gasteiger partial charge in [0.1, 0.15) is 5.75 Å². The summed E-state index contributed by atoms with van der Waals surface area (Å²) in [5.74, 6) is 0.678. The number of piperidine rings is 1. The van der Waals surface area contributed by atoms with E-state index < -0.39 is 6.61 Å². The van der Waals surface area contributed by atoms with Gasteiger partial charge in [0, 0.05) is 12.0 Å². The summed E-state index contributed by atoms with van der Waals surface area (Å²) in [5.41, 5.74) is 0.593. The van der Waals surface area contributed by atoms with Crippen LogP contribution in [0.25, 0.3) is 0 Å². The van der Waals surface area contributed by atoms with Gasteiger partial charge in [-0.05, 0) is 50.8 Å². The highest BCUT2D eigenvalue weighted by atomic mass is 35.5. The average Bonchev–Trinajstić information content (AvgIpc) is 2.59. The number of para-hydroxylation sites is 1. The number of carbonyl (C=O) groups excluding carboxylic acids is 1. The Morgan fingerprint density at radius 1 is 1.32 bits per heavy atom. The van der Waals surface area contributed by atoms with Gasteiger partial charge in [0.2, 0.25) is 5.91 Å². The second-order valence-corrected chi connectivity index (χ2v) is 6.18. The Labute approximate surface area is 154 Å². The van der Waals surface area contributed by atoms with Crippen molar-refractivity contribution in [1.29, 1.82) is 0 Å². The number of hydrogen-bond donors (Lipinski definition) is 2. The normalized spacial score (nSPS) is 16.2. The predicted octanol–water partition coefficient (Wildman–Crippen LogP) is 4.06. The lowest BCUT2D eigenvalue weighted by atomic mass is 9.93. The molecule has 1 saturated heterocycles. The molecule has 1 amide bonds. The average molecular weight is 377 g/mol. The van der Waals surface area contributed by atoms with Crippen LogP contribution in [0.2, 0.25) is 0 Å². The van der Waals surface area contributed by atoms with Gasteiger partial charge in [-0.25, -0.2) is 0 Å². The lowest BCUT2D eigenvalue weighted by Gasteiger charge is -2.23. The van der Waals surface area contributed by atoms with E-state index in [0.717, 1.165) is 32.4 Å². The van der Waals surface area contributed by atoms with Crippen LogP contribution >= 0.6 is 12.4 Å². The van der Waals surface area contributed by atoms with Gasteiger partial charge in [0.25, 0.3) is 0 Å². The first-order valence-corrected chi connectivity index (χ1v) is 8.64. The van der Waals surface area contributed by atoms with Gasteiger partial charge >= 0.3 is 6.61 Å². The van der Waals surface area contributed by atoms with Crippen molar-refractivity contribution in [3.05, 3.63) is 29.8 Å². The zero-order chi connectivity index (χ0) is 17.4. The molecule has 1 heterocycles. The van der Waals surface area contributed by atoms with Gasteiger partial charge in [-0.1, -0.05) is 25.1 Å². The molecule has 0 radical (unpaired) electrons. The highest BCUT2D eigenvalue weighted by Crippen LogP contribution is 2.28. The van der Waals surface area contributed by atoms with E-state index in [1.165, 1.54) is 6.07 Å². The highest BCUT2D eigenvalue weighted by molar-refractivity contribution is 5.85. The third kappa shape index (κ3) is 7.16. The Morgan fingerprint density at radius 3 is 2.64 bits per heavy atom. The van der Waals surface area contributed by atoms with Crippen LogP contribution in [-0.2, 0) is 4.79 Å². The van der Waals surface area contributed by atoms with Crippen molar-refractivity contribution in [2.75, 3.05) is 13.1 Å². The minimum absolute atomic E-state index is 0. The minimum Gasteiger partial charge on any atom is -0.434 e. The minimum atomic E-state index is -2.88. The number of rotatable bonds is 8. The van der Waals surface area contributed by atoms with Crippen LogP contribution in [0.1, 0.15) is 50.6 Å². The quantitative estimate of drug-likeness (QED) is 0.719. The molecule has 0 bridgehead atoms. The van der Waals surface area contributed by atoms with Crippen molar-refractivity contribution in [3.63, 3.8) is 0 Å². The van der Waals surface area contributed by atoms with Gasteiger partial charge in [0.05, 0.1) is 6.04 Å². The second kappa shape index (κ2) is 11.3. The molecule has 1 aromatic carbocycles. The molecule has 0 saturated carbocycles. The van der Waals surface area contributed by atoms with Crippen LogP contribution in [0.4, 0.5) is 8.78 Å². The molecule has 25 heavy (non-hydrogen) atoms. The van der Waals surface area contributed by atoms with Gasteiger partial charge in [-0.2, -0.15) is 8.78 Å². The predicted molar refractivity (Wildman–Crippen MR) is 96.3 cm³/mol. The van der Waals surface area contributed by atoms with Crippen molar-refractivity contribution in [1.82, 2.24) is 10.6 Å². The van der Waals surface area contributed by atoms with Crippen LogP contribution in [0.15, 0.2) is 24.3 Å². The maximum Gasteiger partial charge on any atom is 0.387 e. The summed E-state index contributed by atoms with van der Waals surface area (Å²) >= 11 is 0. The molecule has 1 unspecified atom stereocenters. The summed E-state index contributed by atoms with van der Waals surface area (Å²) in [6.07, 6.45) is 4.17. The molecular formula is C18H27ClF2N2O2. The summed E-state index contributed by atoms with van der Waals surface area (Å²) in [7, 11) is 0. The summed E-state index contributed by atoms with van der Waals surface area (Å²) in [4.78, 5) is 12.2. The van der Waals surface area contributed by atoms with E-state index in [-0.39, 0.29) is 30.1 Å². The number of benzene rings is 1. The van der Waals surface area contributed by atoms with Crippen LogP contribution < -0.4 is 15.4 Å². The van der Waals surface area contributed by atoms with Crippen LogP contribution in [-0.4, -0.2) is 25.6 Å². The molecular weight excluding hydrogens is 350 g/mol. The van der Waals surface area contributed by atoms with Gasteiger partial charge in [0.15, 0.2) is 0 Å². The lowest BCUT2D eigenvalue weighted by molar-refractivity contribution is -0.122. The number of amides is 1. The van der Waals surface area contributed by atoms with E-state index in [2.05, 4.69) is 15.4 Å². The molecule has 1 fully saturated rings. The molecule has 0 aromatic heterocycles. The standard InChI is InChI=1S/C18H26F2N2O2.ClH/c1-2-15(14-5-3-4-6-16(14)24-18(19)20)22-17(23)8-7-13-9-11-21-12-10-13;/h3-6,13,15,18,21H,2,7-12H2,1H3,(H,22,23);1H. The third-order valence-electron chi connectivity index (χ3n) is 4.49. The molecule has 2 N–H and O–H groups in total. The monoisotopic (exact) mass is 376 g/mol. The van der Waals surface area contributed by atoms with Crippen molar-refractivity contribution >= 4 is 18.3 Å². The van der Waals surface area contributed by atoms with Crippen molar-refractivity contribution < 1.29 is 18.3 Å². The lowest BCUT2D eigenvalue weighted by Crippen LogP contribution is -2.31. The van der Waals surface area contributed by atoms with E-state index in [1.54, 1.807) is 18.2 Å². The molecule has 1 aromatic rings. The number of alkyl halides is 2. The molecule has 0 spiro atoms. The smallest absolute Gasteiger partial charge is 0.387 e. The van der Waals surface area contributed by atoms with Crippen molar-refractivity contribution in [2.45, 2.75) is 51.7 Å². The molecule has 1 atom stereocenters. The number of halogens is 3. The number of nitrogens with one attached hydrogen (secondary N) is 2. The summed E-state index contributed by atoms with van der Waals surface area (Å²) in [6.45, 7) is 1.07. The molecule has 7 heteroatoms. The van der Waals surface area contributed by atoms with E-state index in [9.17, 15) is 13.6 Å². The first-order valence-electron chi connectivity index (χ1n) is 8.64. The molecule has 1 aliphatic heterocycles. The van der Waals surface area contributed by atoms with E-state index in [4.69, 9.17) is 0 Å². The Kier molecular flexibility index (Phi) is 9.75. The topological polar surface area (TPSA) is 50.4 Å². The fourth-order valence-corrected chi connectivity index (χ4v) is 3.14.